The Morgan fingerprint density at radius 3 is 2.68 bits per heavy atom. The molecule has 1 amide bonds. The molecule has 0 spiro atoms. The molecule has 2 N–H and O–H groups in total. The summed E-state index contributed by atoms with van der Waals surface area (Å²) in [5, 5.41) is 5.82. The Bertz CT molecular complexity index is 720. The molecule has 1 heterocycles. The van der Waals surface area contributed by atoms with Gasteiger partial charge in [-0.15, -0.1) is 0 Å². The van der Waals surface area contributed by atoms with Gasteiger partial charge < -0.3 is 10.1 Å². The zero-order chi connectivity index (χ0) is 18.2. The van der Waals surface area contributed by atoms with Gasteiger partial charge >= 0.3 is 0 Å². The largest absolute Gasteiger partial charge is 0.375 e. The molecule has 1 atom stereocenters. The number of hydrogen-bond donors (Lipinski definition) is 2. The summed E-state index contributed by atoms with van der Waals surface area (Å²) >= 11 is 0. The van der Waals surface area contributed by atoms with Crippen LogP contribution in [-0.2, 0) is 16.1 Å². The number of benzene rings is 1. The zero-order valence-electron chi connectivity index (χ0n) is 15.2. The molecule has 2 rings (SSSR count). The molecule has 25 heavy (non-hydrogen) atoms. The van der Waals surface area contributed by atoms with E-state index in [0.29, 0.717) is 31.4 Å². The van der Waals surface area contributed by atoms with Crippen LogP contribution in [-0.4, -0.2) is 33.5 Å². The number of ether oxygens (including phenoxy) is 1. The number of amides is 1. The lowest BCUT2D eigenvalue weighted by Gasteiger charge is -2.15. The van der Waals surface area contributed by atoms with Gasteiger partial charge in [-0.2, -0.15) is 15.0 Å². The van der Waals surface area contributed by atoms with Crippen LogP contribution in [0.25, 0.3) is 0 Å². The van der Waals surface area contributed by atoms with Crippen LogP contribution >= 0.6 is 0 Å². The Labute approximate surface area is 148 Å². The van der Waals surface area contributed by atoms with Crippen molar-refractivity contribution < 1.29 is 9.53 Å². The molecule has 2 aromatic rings. The van der Waals surface area contributed by atoms with Gasteiger partial charge in [-0.1, -0.05) is 36.8 Å². The third-order valence-electron chi connectivity index (χ3n) is 3.41. The number of rotatable bonds is 8. The first kappa shape index (κ1) is 18.8. The van der Waals surface area contributed by atoms with Crippen LogP contribution in [0.15, 0.2) is 24.3 Å². The summed E-state index contributed by atoms with van der Waals surface area (Å²) in [7, 11) is 0. The summed E-state index contributed by atoms with van der Waals surface area (Å²) < 4.78 is 5.75. The third kappa shape index (κ3) is 6.46. The summed E-state index contributed by atoms with van der Waals surface area (Å²) in [6.07, 6.45) is 0.372. The van der Waals surface area contributed by atoms with Crippen molar-refractivity contribution in [1.82, 2.24) is 15.0 Å². The second-order valence-electron chi connectivity index (χ2n) is 5.98. The maximum atomic E-state index is 11.5. The second-order valence-corrected chi connectivity index (χ2v) is 5.98. The highest BCUT2D eigenvalue weighted by molar-refractivity contribution is 5.88. The molecule has 0 aliphatic carbocycles. The lowest BCUT2D eigenvalue weighted by atomic mass is 10.1. The molecule has 1 aromatic carbocycles. The number of aryl methyl sites for hydroxylation is 2. The first-order valence-corrected chi connectivity index (χ1v) is 8.38. The van der Waals surface area contributed by atoms with Crippen LogP contribution in [0, 0.1) is 13.8 Å². The van der Waals surface area contributed by atoms with Crippen LogP contribution in [0.4, 0.5) is 11.9 Å². The Morgan fingerprint density at radius 2 is 1.96 bits per heavy atom. The van der Waals surface area contributed by atoms with Gasteiger partial charge in [0.1, 0.15) is 5.82 Å². The van der Waals surface area contributed by atoms with E-state index in [9.17, 15) is 4.79 Å². The highest BCUT2D eigenvalue weighted by atomic mass is 16.5. The molecule has 0 radical (unpaired) electrons. The fourth-order valence-electron chi connectivity index (χ4n) is 2.23. The monoisotopic (exact) mass is 343 g/mol. The fraction of sp³-hybridized carbons (Fsp3) is 0.444. The Hall–Kier alpha value is -2.54. The van der Waals surface area contributed by atoms with E-state index >= 15 is 0 Å². The number of carbonyl (C=O) groups is 1. The summed E-state index contributed by atoms with van der Waals surface area (Å²) in [4.78, 5) is 24.1. The van der Waals surface area contributed by atoms with Crippen molar-refractivity contribution >= 4 is 17.8 Å². The second kappa shape index (κ2) is 9.08. The van der Waals surface area contributed by atoms with Gasteiger partial charge in [0, 0.05) is 12.5 Å². The molecule has 1 aromatic heterocycles. The topological polar surface area (TPSA) is 89.0 Å². The first-order valence-electron chi connectivity index (χ1n) is 8.38. The van der Waals surface area contributed by atoms with Crippen molar-refractivity contribution in [2.24, 2.45) is 0 Å². The van der Waals surface area contributed by atoms with Gasteiger partial charge in [-0.25, -0.2) is 0 Å². The zero-order valence-corrected chi connectivity index (χ0v) is 15.2. The van der Waals surface area contributed by atoms with Crippen LogP contribution in [0.5, 0.6) is 0 Å². The number of aromatic nitrogens is 3. The molecule has 0 aliphatic rings. The predicted octanol–water partition coefficient (Wildman–Crippen LogP) is 2.85. The fourth-order valence-corrected chi connectivity index (χ4v) is 2.23. The van der Waals surface area contributed by atoms with E-state index in [4.69, 9.17) is 4.74 Å². The number of hydrogen-bond acceptors (Lipinski definition) is 6. The molecule has 0 saturated heterocycles. The summed E-state index contributed by atoms with van der Waals surface area (Å²) in [5.74, 6) is 1.09. The maximum Gasteiger partial charge on any atom is 0.234 e. The predicted molar refractivity (Wildman–Crippen MR) is 97.4 cm³/mol. The molecule has 0 bridgehead atoms. The average molecular weight is 343 g/mol. The van der Waals surface area contributed by atoms with Crippen molar-refractivity contribution in [2.75, 3.05) is 17.2 Å². The van der Waals surface area contributed by atoms with E-state index in [-0.39, 0.29) is 17.9 Å². The highest BCUT2D eigenvalue weighted by Gasteiger charge is 2.09. The van der Waals surface area contributed by atoms with Crippen LogP contribution < -0.4 is 10.6 Å². The summed E-state index contributed by atoms with van der Waals surface area (Å²) in [5.41, 5.74) is 2.36. The summed E-state index contributed by atoms with van der Waals surface area (Å²) in [6.45, 7) is 8.64. The van der Waals surface area contributed by atoms with E-state index < -0.39 is 0 Å². The van der Waals surface area contributed by atoms with E-state index in [1.165, 1.54) is 5.56 Å². The van der Waals surface area contributed by atoms with E-state index in [2.05, 4.69) is 44.6 Å². The van der Waals surface area contributed by atoms with Crippen molar-refractivity contribution in [3.8, 4) is 0 Å². The van der Waals surface area contributed by atoms with Gasteiger partial charge in [0.2, 0.25) is 17.8 Å². The van der Waals surface area contributed by atoms with E-state index in [1.54, 1.807) is 13.8 Å². The first-order chi connectivity index (χ1) is 12.0. The van der Waals surface area contributed by atoms with E-state index in [0.717, 1.165) is 5.56 Å². The molecule has 7 heteroatoms. The van der Waals surface area contributed by atoms with Crippen LogP contribution in [0.2, 0.25) is 0 Å². The number of anilines is 2. The Balaban J connectivity index is 1.87. The third-order valence-corrected chi connectivity index (χ3v) is 3.41. The van der Waals surface area contributed by atoms with Crippen LogP contribution in [0.1, 0.15) is 37.2 Å². The van der Waals surface area contributed by atoms with Gasteiger partial charge in [-0.05, 0) is 26.3 Å². The van der Waals surface area contributed by atoms with Crippen molar-refractivity contribution in [2.45, 2.75) is 46.8 Å². The lowest BCUT2D eigenvalue weighted by molar-refractivity contribution is -0.115. The quantitative estimate of drug-likeness (QED) is 0.766. The molecule has 7 nitrogen and oxygen atoms in total. The Kier molecular flexibility index (Phi) is 6.82. The number of nitrogens with zero attached hydrogens (tertiary/aromatic N) is 3. The number of carbonyl (C=O) groups excluding carboxylic acids is 1. The van der Waals surface area contributed by atoms with E-state index in [1.807, 2.05) is 19.1 Å². The SMILES string of the molecule is CCC(=O)Nc1nc(C)nc(NC(C)COCc2cccc(C)c2)n1. The maximum absolute atomic E-state index is 11.5. The minimum Gasteiger partial charge on any atom is -0.375 e. The standard InChI is InChI=1S/C18H25N5O2/c1-5-16(24)22-18-21-14(4)20-17(23-18)19-13(3)10-25-11-15-8-6-7-12(2)9-15/h6-9,13H,5,10-11H2,1-4H3,(H2,19,20,21,22,23,24). The molecular weight excluding hydrogens is 318 g/mol. The molecule has 0 aliphatic heterocycles. The van der Waals surface area contributed by atoms with Gasteiger partial charge in [-0.3, -0.25) is 10.1 Å². The molecular formula is C18H25N5O2. The minimum absolute atomic E-state index is 0.0151. The summed E-state index contributed by atoms with van der Waals surface area (Å²) in [6, 6.07) is 8.25. The lowest BCUT2D eigenvalue weighted by Crippen LogP contribution is -2.24. The molecule has 0 fully saturated rings. The Morgan fingerprint density at radius 1 is 1.20 bits per heavy atom. The van der Waals surface area contributed by atoms with Crippen molar-refractivity contribution in [1.29, 1.82) is 0 Å². The normalized spacial score (nSPS) is 11.8. The van der Waals surface area contributed by atoms with Gasteiger partial charge in [0.15, 0.2) is 0 Å². The number of nitrogens with one attached hydrogen (secondary N) is 2. The van der Waals surface area contributed by atoms with Crippen molar-refractivity contribution in [3.05, 3.63) is 41.2 Å². The molecule has 1 unspecified atom stereocenters. The average Bonchev–Trinajstić information content (AvgIpc) is 2.54. The smallest absolute Gasteiger partial charge is 0.234 e. The van der Waals surface area contributed by atoms with Gasteiger partial charge in [0.05, 0.1) is 13.2 Å². The molecule has 134 valence electrons. The minimum atomic E-state index is -0.133. The van der Waals surface area contributed by atoms with Crippen LogP contribution in [0.3, 0.4) is 0 Å². The highest BCUT2D eigenvalue weighted by Crippen LogP contribution is 2.09. The van der Waals surface area contributed by atoms with Crippen molar-refractivity contribution in [3.63, 3.8) is 0 Å². The van der Waals surface area contributed by atoms with Gasteiger partial charge in [0.25, 0.3) is 0 Å². The molecule has 0 saturated carbocycles.